The summed E-state index contributed by atoms with van der Waals surface area (Å²) in [7, 11) is 0. The molecule has 2 aromatic carbocycles. The van der Waals surface area contributed by atoms with Gasteiger partial charge in [0.1, 0.15) is 16.6 Å². The number of carbonyl (C=O) groups is 1. The van der Waals surface area contributed by atoms with E-state index in [2.05, 4.69) is 32.1 Å². The molecule has 8 nitrogen and oxygen atoms in total. The molecule has 184 valence electrons. The summed E-state index contributed by atoms with van der Waals surface area (Å²) in [6.45, 7) is 4.94. The molecule has 1 saturated heterocycles. The Hall–Kier alpha value is -3.98. The van der Waals surface area contributed by atoms with Gasteiger partial charge in [0.2, 0.25) is 5.95 Å². The van der Waals surface area contributed by atoms with Crippen molar-refractivity contribution in [1.82, 2.24) is 20.2 Å². The molecule has 1 aliphatic heterocycles. The zero-order valence-corrected chi connectivity index (χ0v) is 20.1. The van der Waals surface area contributed by atoms with Gasteiger partial charge in [-0.15, -0.1) is 0 Å². The topological polar surface area (TPSA) is 107 Å². The first-order chi connectivity index (χ1) is 17.4. The van der Waals surface area contributed by atoms with E-state index >= 15 is 4.39 Å². The number of phenolic OH excluding ortho intramolecular Hbond substituents is 1. The number of carbonyl (C=O) groups excluding carboxylic acids is 1. The van der Waals surface area contributed by atoms with Gasteiger partial charge in [-0.25, -0.2) is 9.37 Å². The molecule has 5 rings (SSSR count). The summed E-state index contributed by atoms with van der Waals surface area (Å²) in [5.41, 5.74) is 2.81. The van der Waals surface area contributed by atoms with Crippen LogP contribution in [0.4, 0.5) is 21.7 Å². The Labute approximate surface area is 211 Å². The van der Waals surface area contributed by atoms with E-state index in [0.717, 1.165) is 24.8 Å². The first-order valence-electron chi connectivity index (χ1n) is 11.6. The quantitative estimate of drug-likeness (QED) is 0.282. The van der Waals surface area contributed by atoms with Crippen LogP contribution in [0.3, 0.4) is 0 Å². The molecule has 0 bridgehead atoms. The summed E-state index contributed by atoms with van der Waals surface area (Å²) in [5.74, 6) is -0.623. The molecular formula is C26H24ClFN6O2. The lowest BCUT2D eigenvalue weighted by atomic mass is 10.0. The van der Waals surface area contributed by atoms with Crippen molar-refractivity contribution in [2.45, 2.75) is 25.7 Å². The third-order valence-corrected chi connectivity index (χ3v) is 6.42. The van der Waals surface area contributed by atoms with Crippen LogP contribution in [0.15, 0.2) is 49.1 Å². The molecule has 0 amide bonds. The number of aromatic nitrogens is 4. The molecule has 1 fully saturated rings. The van der Waals surface area contributed by atoms with Gasteiger partial charge in [-0.05, 0) is 43.0 Å². The Morgan fingerprint density at radius 3 is 2.78 bits per heavy atom. The third kappa shape index (κ3) is 4.74. The summed E-state index contributed by atoms with van der Waals surface area (Å²) >= 11 is 6.35. The van der Waals surface area contributed by atoms with Crippen molar-refractivity contribution in [1.29, 1.82) is 0 Å². The van der Waals surface area contributed by atoms with Crippen LogP contribution in [0.2, 0.25) is 5.15 Å². The number of hydrogen-bond donors (Lipinski definition) is 3. The maximum atomic E-state index is 15.0. The van der Waals surface area contributed by atoms with Gasteiger partial charge in [0.05, 0.1) is 11.1 Å². The fourth-order valence-corrected chi connectivity index (χ4v) is 4.69. The van der Waals surface area contributed by atoms with Crippen LogP contribution in [-0.4, -0.2) is 44.1 Å². The number of fused-ring (bicyclic) bond motifs is 1. The van der Waals surface area contributed by atoms with Gasteiger partial charge in [-0.3, -0.25) is 9.89 Å². The van der Waals surface area contributed by atoms with E-state index < -0.39 is 5.82 Å². The number of rotatable bonds is 7. The Morgan fingerprint density at radius 2 is 2.03 bits per heavy atom. The monoisotopic (exact) mass is 506 g/mol. The highest BCUT2D eigenvalue weighted by Crippen LogP contribution is 2.37. The standard InChI is InChI=1S/C26H24ClFN6O2/c1-2-18(35)12-15-7-6-8-16(11-15)22-21-24(27)32-33-25(21)31-26(30-22)29-17-13-19(28)23(20(36)14-17)34-9-4-3-5-10-34/h2,6-8,11,13-14,36H,1,3-5,9-10,12H2,(H2,29,30,31,32,33). The summed E-state index contributed by atoms with van der Waals surface area (Å²) in [5, 5.41) is 21.2. The van der Waals surface area contributed by atoms with Crippen molar-refractivity contribution in [3.8, 4) is 17.0 Å². The Morgan fingerprint density at radius 1 is 1.22 bits per heavy atom. The molecule has 0 saturated carbocycles. The van der Waals surface area contributed by atoms with Gasteiger partial charge in [-0.1, -0.05) is 36.4 Å². The molecule has 4 aromatic rings. The average molecular weight is 507 g/mol. The van der Waals surface area contributed by atoms with Crippen molar-refractivity contribution in [2.24, 2.45) is 0 Å². The van der Waals surface area contributed by atoms with Gasteiger partial charge >= 0.3 is 0 Å². The highest BCUT2D eigenvalue weighted by Gasteiger charge is 2.21. The molecule has 3 heterocycles. The predicted octanol–water partition coefficient (Wildman–Crippen LogP) is 5.55. The second-order valence-corrected chi connectivity index (χ2v) is 9.06. The summed E-state index contributed by atoms with van der Waals surface area (Å²) in [4.78, 5) is 22.7. The number of anilines is 3. The van der Waals surface area contributed by atoms with E-state index in [1.54, 1.807) is 0 Å². The van der Waals surface area contributed by atoms with Crippen molar-refractivity contribution in [3.05, 3.63) is 65.6 Å². The van der Waals surface area contributed by atoms with Gasteiger partial charge in [0.25, 0.3) is 0 Å². The maximum Gasteiger partial charge on any atom is 0.229 e. The number of nitrogens with zero attached hydrogens (tertiary/aromatic N) is 4. The molecule has 2 aromatic heterocycles. The molecule has 10 heteroatoms. The zero-order chi connectivity index (χ0) is 25.2. The number of hydrogen-bond acceptors (Lipinski definition) is 7. The van der Waals surface area contributed by atoms with Crippen LogP contribution >= 0.6 is 11.6 Å². The fraction of sp³-hybridized carbons (Fsp3) is 0.231. The van der Waals surface area contributed by atoms with E-state index in [4.69, 9.17) is 11.6 Å². The number of ketones is 1. The van der Waals surface area contributed by atoms with Crippen LogP contribution in [0.1, 0.15) is 24.8 Å². The van der Waals surface area contributed by atoms with E-state index in [1.165, 1.54) is 18.2 Å². The minimum atomic E-state index is -0.525. The first kappa shape index (κ1) is 23.7. The smallest absolute Gasteiger partial charge is 0.229 e. The fourth-order valence-electron chi connectivity index (χ4n) is 4.47. The highest BCUT2D eigenvalue weighted by atomic mass is 35.5. The van der Waals surface area contributed by atoms with E-state index in [1.807, 2.05) is 29.2 Å². The number of allylic oxidation sites excluding steroid dienone is 1. The zero-order valence-electron chi connectivity index (χ0n) is 19.4. The number of phenols is 1. The Balaban J connectivity index is 1.51. The number of piperidine rings is 1. The highest BCUT2D eigenvalue weighted by molar-refractivity contribution is 6.35. The van der Waals surface area contributed by atoms with Gasteiger partial charge in [0, 0.05) is 36.8 Å². The molecule has 0 atom stereocenters. The van der Waals surface area contributed by atoms with Gasteiger partial charge in [0.15, 0.2) is 17.2 Å². The number of aromatic amines is 1. The van der Waals surface area contributed by atoms with Crippen molar-refractivity contribution in [3.63, 3.8) is 0 Å². The minimum Gasteiger partial charge on any atom is -0.506 e. The summed E-state index contributed by atoms with van der Waals surface area (Å²) in [6, 6.07) is 10.1. The van der Waals surface area contributed by atoms with E-state index in [9.17, 15) is 9.90 Å². The van der Waals surface area contributed by atoms with Gasteiger partial charge < -0.3 is 15.3 Å². The summed E-state index contributed by atoms with van der Waals surface area (Å²) < 4.78 is 15.0. The van der Waals surface area contributed by atoms with Gasteiger partial charge in [-0.2, -0.15) is 10.1 Å². The molecule has 0 aliphatic carbocycles. The SMILES string of the molecule is C=CC(=O)Cc1cccc(-c2nc(Nc3cc(O)c(N4CCCCC4)c(F)c3)nc3n[nH]c(Cl)c23)c1. The van der Waals surface area contributed by atoms with E-state index in [-0.39, 0.29) is 34.7 Å². The molecule has 0 unspecified atom stereocenters. The maximum absolute atomic E-state index is 15.0. The Kier molecular flexibility index (Phi) is 6.56. The molecule has 1 aliphatic rings. The normalized spacial score (nSPS) is 13.7. The lowest BCUT2D eigenvalue weighted by molar-refractivity contribution is -0.114. The lowest BCUT2D eigenvalue weighted by Gasteiger charge is -2.29. The van der Waals surface area contributed by atoms with E-state index in [0.29, 0.717) is 41.1 Å². The number of benzene rings is 2. The summed E-state index contributed by atoms with van der Waals surface area (Å²) in [6.07, 6.45) is 4.52. The van der Waals surface area contributed by atoms with Crippen molar-refractivity contribution < 1.29 is 14.3 Å². The first-order valence-corrected chi connectivity index (χ1v) is 12.0. The van der Waals surface area contributed by atoms with Crippen molar-refractivity contribution >= 4 is 45.7 Å². The second-order valence-electron chi connectivity index (χ2n) is 8.68. The van der Waals surface area contributed by atoms with Crippen LogP contribution in [-0.2, 0) is 11.2 Å². The second kappa shape index (κ2) is 9.94. The molecular weight excluding hydrogens is 483 g/mol. The lowest BCUT2D eigenvalue weighted by Crippen LogP contribution is -2.30. The number of aromatic hydroxyl groups is 1. The Bertz CT molecular complexity index is 1440. The van der Waals surface area contributed by atoms with Crippen LogP contribution in [0.25, 0.3) is 22.3 Å². The molecule has 0 radical (unpaired) electrons. The third-order valence-electron chi connectivity index (χ3n) is 6.15. The molecule has 0 spiro atoms. The van der Waals surface area contributed by atoms with Crippen molar-refractivity contribution in [2.75, 3.05) is 23.3 Å². The number of H-pyrrole nitrogens is 1. The number of nitrogens with one attached hydrogen (secondary N) is 2. The van der Waals surface area contributed by atoms with Crippen LogP contribution in [0, 0.1) is 5.82 Å². The average Bonchev–Trinajstić information content (AvgIpc) is 3.24. The predicted molar refractivity (Wildman–Crippen MR) is 138 cm³/mol. The number of halogens is 2. The minimum absolute atomic E-state index is 0.0986. The molecule has 36 heavy (non-hydrogen) atoms. The largest absolute Gasteiger partial charge is 0.506 e. The molecule has 3 N–H and O–H groups in total. The van der Waals surface area contributed by atoms with Crippen LogP contribution in [0.5, 0.6) is 5.75 Å². The van der Waals surface area contributed by atoms with Crippen LogP contribution < -0.4 is 10.2 Å².